The number of carbonyl (C=O) groups excluding carboxylic acids is 1. The summed E-state index contributed by atoms with van der Waals surface area (Å²) in [5.41, 5.74) is 0.469. The quantitative estimate of drug-likeness (QED) is 0.623. The van der Waals surface area contributed by atoms with E-state index in [2.05, 4.69) is 4.72 Å². The van der Waals surface area contributed by atoms with Gasteiger partial charge in [-0.3, -0.25) is 14.4 Å². The molecule has 1 amide bonds. The van der Waals surface area contributed by atoms with Crippen LogP contribution in [0.1, 0.15) is 37.6 Å². The molecule has 1 aliphatic heterocycles. The summed E-state index contributed by atoms with van der Waals surface area (Å²) >= 11 is 0. The van der Waals surface area contributed by atoms with Gasteiger partial charge in [0.2, 0.25) is 10.0 Å². The number of nitrogens with one attached hydrogen (secondary N) is 1. The molecule has 1 fully saturated rings. The number of piperazine rings is 1. The zero-order chi connectivity index (χ0) is 23.5. The number of hydrogen-bond acceptors (Lipinski definition) is 4. The van der Waals surface area contributed by atoms with Crippen LogP contribution >= 0.6 is 0 Å². The Morgan fingerprint density at radius 1 is 1.09 bits per heavy atom. The molecule has 3 rings (SSSR count). The first kappa shape index (κ1) is 24.1. The molecule has 2 aromatic rings. The van der Waals surface area contributed by atoms with Gasteiger partial charge in [-0.1, -0.05) is 6.92 Å². The lowest BCUT2D eigenvalue weighted by Gasteiger charge is -2.40. The molecule has 1 aliphatic rings. The zero-order valence-corrected chi connectivity index (χ0v) is 18.8. The number of carbonyl (C=O) groups is 1. The number of amides is 1. The largest absolute Gasteiger partial charge is 0.333 e. The average molecular weight is 472 g/mol. The molecule has 176 valence electrons. The number of anilines is 1. The van der Waals surface area contributed by atoms with E-state index in [0.717, 1.165) is 12.1 Å². The van der Waals surface area contributed by atoms with Crippen LogP contribution in [-0.2, 0) is 16.6 Å². The highest BCUT2D eigenvalue weighted by Gasteiger charge is 2.29. The maximum atomic E-state index is 14.0. The van der Waals surface area contributed by atoms with Crippen LogP contribution in [0.3, 0.4) is 0 Å². The molecule has 1 N–H and O–H groups in total. The topological polar surface area (TPSA) is 69.7 Å². The predicted molar refractivity (Wildman–Crippen MR) is 118 cm³/mol. The van der Waals surface area contributed by atoms with Gasteiger partial charge < -0.3 is 4.90 Å². The Bertz CT molecular complexity index is 1080. The molecule has 1 atom stereocenters. The Balaban J connectivity index is 0.00000385. The van der Waals surface area contributed by atoms with E-state index < -0.39 is 27.5 Å². The average Bonchev–Trinajstić information content (AvgIpc) is 2.74. The van der Waals surface area contributed by atoms with Crippen molar-refractivity contribution in [3.63, 3.8) is 0 Å². The third kappa shape index (κ3) is 5.60. The summed E-state index contributed by atoms with van der Waals surface area (Å²) in [5, 5.41) is 0. The van der Waals surface area contributed by atoms with E-state index in [1.54, 1.807) is 28.9 Å². The fourth-order valence-corrected chi connectivity index (χ4v) is 4.90. The van der Waals surface area contributed by atoms with Crippen LogP contribution in [0.25, 0.3) is 0 Å². The first-order valence-corrected chi connectivity index (χ1v) is 12.0. The second kappa shape index (κ2) is 9.91. The summed E-state index contributed by atoms with van der Waals surface area (Å²) in [5.74, 6) is -3.29. The van der Waals surface area contributed by atoms with Crippen molar-refractivity contribution >= 4 is 21.6 Å². The van der Waals surface area contributed by atoms with Gasteiger partial charge in [0.1, 0.15) is 5.82 Å². The lowest BCUT2D eigenvalue weighted by Crippen LogP contribution is -2.53. The Labute approximate surface area is 187 Å². The second-order valence-electron chi connectivity index (χ2n) is 7.90. The first-order valence-electron chi connectivity index (χ1n) is 10.4. The lowest BCUT2D eigenvalue weighted by molar-refractivity contribution is 0.0470. The highest BCUT2D eigenvalue weighted by Crippen LogP contribution is 2.21. The van der Waals surface area contributed by atoms with Crippen molar-refractivity contribution in [1.29, 1.82) is 0 Å². The molecule has 0 aliphatic carbocycles. The van der Waals surface area contributed by atoms with Crippen LogP contribution in [0.2, 0.25) is 0 Å². The van der Waals surface area contributed by atoms with Gasteiger partial charge in [0.15, 0.2) is 11.6 Å². The van der Waals surface area contributed by atoms with Crippen LogP contribution in [0.5, 0.6) is 0 Å². The van der Waals surface area contributed by atoms with E-state index in [1.165, 1.54) is 12.1 Å². The van der Waals surface area contributed by atoms with Gasteiger partial charge in [0.25, 0.3) is 5.91 Å². The van der Waals surface area contributed by atoms with Crippen LogP contribution in [0.15, 0.2) is 36.4 Å². The van der Waals surface area contributed by atoms with Gasteiger partial charge in [-0.15, -0.1) is 0 Å². The Hall–Kier alpha value is -2.59. The number of hydrogen-bond donors (Lipinski definition) is 1. The molecule has 0 saturated carbocycles. The molecule has 32 heavy (non-hydrogen) atoms. The zero-order valence-electron chi connectivity index (χ0n) is 17.9. The Morgan fingerprint density at radius 2 is 1.75 bits per heavy atom. The summed E-state index contributed by atoms with van der Waals surface area (Å²) in [4.78, 5) is 16.4. The van der Waals surface area contributed by atoms with Crippen molar-refractivity contribution < 1.29 is 27.8 Å². The minimum absolute atomic E-state index is 0. The Kier molecular flexibility index (Phi) is 7.45. The molecular formula is C22H28F3N3O3S. The number of rotatable bonds is 7. The van der Waals surface area contributed by atoms with Crippen LogP contribution in [0, 0.1) is 17.5 Å². The molecular weight excluding hydrogens is 443 g/mol. The predicted octanol–water partition coefficient (Wildman–Crippen LogP) is 3.85. The molecule has 0 unspecified atom stereocenters. The SMILES string of the molecule is CCCS(=O)(=O)Nc1ccc(C(=O)N2CCN(Cc3c(F)ccc(F)c3F)C[C@@H]2C)cc1.[HH]. The molecule has 1 saturated heterocycles. The van der Waals surface area contributed by atoms with E-state index >= 15 is 0 Å². The summed E-state index contributed by atoms with van der Waals surface area (Å²) in [7, 11) is -3.42. The van der Waals surface area contributed by atoms with E-state index in [0.29, 0.717) is 37.3 Å². The fourth-order valence-electron chi connectivity index (χ4n) is 3.76. The van der Waals surface area contributed by atoms with Crippen molar-refractivity contribution in [3.8, 4) is 0 Å². The van der Waals surface area contributed by atoms with Crippen molar-refractivity contribution in [3.05, 3.63) is 65.0 Å². The van der Waals surface area contributed by atoms with Crippen molar-refractivity contribution in [2.24, 2.45) is 0 Å². The third-order valence-corrected chi connectivity index (χ3v) is 6.86. The van der Waals surface area contributed by atoms with Crippen molar-refractivity contribution in [2.45, 2.75) is 32.9 Å². The van der Waals surface area contributed by atoms with Gasteiger partial charge in [0, 0.05) is 50.5 Å². The van der Waals surface area contributed by atoms with Crippen LogP contribution in [-0.4, -0.2) is 55.6 Å². The molecule has 10 heteroatoms. The summed E-state index contributed by atoms with van der Waals surface area (Å²) in [6.07, 6.45) is 0.494. The van der Waals surface area contributed by atoms with E-state index in [1.807, 2.05) is 6.92 Å². The monoisotopic (exact) mass is 471 g/mol. The highest BCUT2D eigenvalue weighted by molar-refractivity contribution is 7.92. The Morgan fingerprint density at radius 3 is 2.38 bits per heavy atom. The van der Waals surface area contributed by atoms with Gasteiger partial charge in [-0.05, 0) is 49.7 Å². The second-order valence-corrected chi connectivity index (χ2v) is 9.74. The van der Waals surface area contributed by atoms with Gasteiger partial charge in [-0.25, -0.2) is 21.6 Å². The number of sulfonamides is 1. The molecule has 6 nitrogen and oxygen atoms in total. The smallest absolute Gasteiger partial charge is 0.254 e. The fraction of sp³-hybridized carbons (Fsp3) is 0.409. The lowest BCUT2D eigenvalue weighted by atomic mass is 10.1. The van der Waals surface area contributed by atoms with Crippen LogP contribution < -0.4 is 4.72 Å². The maximum absolute atomic E-state index is 14.0. The van der Waals surface area contributed by atoms with E-state index in [9.17, 15) is 26.4 Å². The molecule has 1 heterocycles. The summed E-state index contributed by atoms with van der Waals surface area (Å²) in [6, 6.07) is 7.62. The maximum Gasteiger partial charge on any atom is 0.254 e. The number of nitrogens with zero attached hydrogens (tertiary/aromatic N) is 2. The summed E-state index contributed by atoms with van der Waals surface area (Å²) < 4.78 is 67.6. The first-order chi connectivity index (χ1) is 15.1. The summed E-state index contributed by atoms with van der Waals surface area (Å²) in [6.45, 7) is 4.59. The highest BCUT2D eigenvalue weighted by atomic mass is 32.2. The minimum Gasteiger partial charge on any atom is -0.333 e. The van der Waals surface area contributed by atoms with Crippen molar-refractivity contribution in [1.82, 2.24) is 9.80 Å². The van der Waals surface area contributed by atoms with E-state index in [-0.39, 0.29) is 31.2 Å². The molecule has 0 bridgehead atoms. The standard InChI is InChI=1S/C22H26F3N3O3S.H2/c1-3-12-32(30,31)26-17-6-4-16(5-7-17)22(29)28-11-10-27(13-15(28)2)14-18-19(23)8-9-20(24)21(18)25;/h4-9,15,26H,3,10-14H2,1-2H3;1H/t15-;/m0./s1. The molecule has 0 spiro atoms. The molecule has 0 aromatic heterocycles. The van der Waals surface area contributed by atoms with E-state index in [4.69, 9.17) is 0 Å². The normalized spacial score (nSPS) is 17.4. The molecule has 2 aromatic carbocycles. The van der Waals surface area contributed by atoms with Gasteiger partial charge in [0.05, 0.1) is 5.75 Å². The third-order valence-electron chi connectivity index (χ3n) is 5.37. The number of benzene rings is 2. The molecule has 0 radical (unpaired) electrons. The number of halogens is 3. The van der Waals surface area contributed by atoms with Gasteiger partial charge >= 0.3 is 0 Å². The van der Waals surface area contributed by atoms with Crippen LogP contribution in [0.4, 0.5) is 18.9 Å². The van der Waals surface area contributed by atoms with Crippen molar-refractivity contribution in [2.75, 3.05) is 30.1 Å². The van der Waals surface area contributed by atoms with Gasteiger partial charge in [-0.2, -0.15) is 0 Å². The minimum atomic E-state index is -3.42.